The quantitative estimate of drug-likeness (QED) is 0.296. The first-order valence-electron chi connectivity index (χ1n) is 5.71. The molecule has 0 heterocycles. The lowest BCUT2D eigenvalue weighted by molar-refractivity contribution is -0.385. The molecule has 0 amide bonds. The van der Waals surface area contributed by atoms with Crippen molar-refractivity contribution in [3.8, 4) is 11.5 Å². The molecule has 2 aromatic carbocycles. The lowest BCUT2D eigenvalue weighted by Gasteiger charge is -2.07. The Morgan fingerprint density at radius 1 is 1.33 bits per heavy atom. The second kappa shape index (κ2) is 6.10. The van der Waals surface area contributed by atoms with Crippen LogP contribution >= 0.6 is 11.6 Å². The summed E-state index contributed by atoms with van der Waals surface area (Å²) in [6.45, 7) is 0. The predicted molar refractivity (Wildman–Crippen MR) is 77.1 cm³/mol. The van der Waals surface area contributed by atoms with Gasteiger partial charge in [0, 0.05) is 16.7 Å². The number of amidine groups is 1. The third-order valence-electron chi connectivity index (χ3n) is 2.58. The molecule has 0 bridgehead atoms. The highest BCUT2D eigenvalue weighted by Crippen LogP contribution is 2.32. The fraction of sp³-hybridized carbons (Fsp3) is 0. The van der Waals surface area contributed by atoms with Crippen LogP contribution in [0, 0.1) is 10.1 Å². The minimum absolute atomic E-state index is 0.0248. The number of nitrogens with two attached hydrogens (primary N) is 1. The zero-order valence-electron chi connectivity index (χ0n) is 10.6. The highest BCUT2D eigenvalue weighted by atomic mass is 35.5. The predicted octanol–water partition coefficient (Wildman–Crippen LogP) is 3.14. The van der Waals surface area contributed by atoms with Crippen LogP contribution in [0.15, 0.2) is 47.6 Å². The number of nitro benzene ring substituents is 1. The fourth-order valence-electron chi connectivity index (χ4n) is 1.62. The Hall–Kier alpha value is -2.80. The molecule has 0 aliphatic heterocycles. The highest BCUT2D eigenvalue weighted by Gasteiger charge is 2.18. The maximum absolute atomic E-state index is 11.1. The molecule has 21 heavy (non-hydrogen) atoms. The van der Waals surface area contributed by atoms with Gasteiger partial charge in [0.15, 0.2) is 5.84 Å². The first kappa shape index (κ1) is 14.6. The van der Waals surface area contributed by atoms with Gasteiger partial charge in [-0.15, -0.1) is 0 Å². The van der Waals surface area contributed by atoms with E-state index in [1.165, 1.54) is 18.2 Å². The fourth-order valence-corrected chi connectivity index (χ4v) is 1.80. The molecule has 0 unspecified atom stereocenters. The lowest BCUT2D eigenvalue weighted by Crippen LogP contribution is -2.13. The first-order valence-corrected chi connectivity index (χ1v) is 6.09. The average molecular weight is 308 g/mol. The van der Waals surface area contributed by atoms with E-state index in [0.29, 0.717) is 10.8 Å². The second-order valence-corrected chi connectivity index (χ2v) is 4.42. The summed E-state index contributed by atoms with van der Waals surface area (Å²) >= 11 is 5.83. The number of ether oxygens (including phenoxy) is 1. The van der Waals surface area contributed by atoms with Crippen LogP contribution in [0.1, 0.15) is 5.56 Å². The molecule has 0 spiro atoms. The molecule has 0 aliphatic carbocycles. The third kappa shape index (κ3) is 3.40. The van der Waals surface area contributed by atoms with Crippen molar-refractivity contribution in [3.05, 3.63) is 63.2 Å². The molecule has 0 aromatic heterocycles. The monoisotopic (exact) mass is 307 g/mol. The van der Waals surface area contributed by atoms with Crippen LogP contribution in [0.2, 0.25) is 5.02 Å². The summed E-state index contributed by atoms with van der Waals surface area (Å²) in [5.74, 6) is 0.159. The maximum atomic E-state index is 11.1. The molecular formula is C13H10ClN3O4. The minimum atomic E-state index is -0.617. The minimum Gasteiger partial charge on any atom is -0.450 e. The van der Waals surface area contributed by atoms with Crippen molar-refractivity contribution in [1.29, 1.82) is 0 Å². The number of rotatable bonds is 4. The summed E-state index contributed by atoms with van der Waals surface area (Å²) in [6.07, 6.45) is 0. The van der Waals surface area contributed by atoms with Crippen molar-refractivity contribution < 1.29 is 14.9 Å². The van der Waals surface area contributed by atoms with E-state index in [-0.39, 0.29) is 22.8 Å². The van der Waals surface area contributed by atoms with Crippen molar-refractivity contribution >= 4 is 23.1 Å². The van der Waals surface area contributed by atoms with Crippen LogP contribution in [0.5, 0.6) is 11.5 Å². The Kier molecular flexibility index (Phi) is 4.24. The topological polar surface area (TPSA) is 111 Å². The smallest absolute Gasteiger partial charge is 0.312 e. The number of oxime groups is 1. The number of halogens is 1. The largest absolute Gasteiger partial charge is 0.450 e. The summed E-state index contributed by atoms with van der Waals surface area (Å²) in [5.41, 5.74) is 5.31. The number of benzene rings is 2. The summed E-state index contributed by atoms with van der Waals surface area (Å²) in [6, 6.07) is 10.4. The van der Waals surface area contributed by atoms with Gasteiger partial charge in [-0.05, 0) is 30.3 Å². The van der Waals surface area contributed by atoms with Crippen molar-refractivity contribution in [2.45, 2.75) is 0 Å². The van der Waals surface area contributed by atoms with Crippen LogP contribution in [0.4, 0.5) is 5.69 Å². The van der Waals surface area contributed by atoms with Gasteiger partial charge in [0.1, 0.15) is 5.75 Å². The van der Waals surface area contributed by atoms with Crippen LogP contribution < -0.4 is 10.5 Å². The van der Waals surface area contributed by atoms with Crippen LogP contribution in [0.3, 0.4) is 0 Å². The first-order chi connectivity index (χ1) is 10.0. The van der Waals surface area contributed by atoms with Gasteiger partial charge in [-0.25, -0.2) is 0 Å². The van der Waals surface area contributed by atoms with Crippen LogP contribution in [-0.2, 0) is 0 Å². The molecule has 8 heteroatoms. The third-order valence-corrected chi connectivity index (χ3v) is 2.82. The molecule has 0 radical (unpaired) electrons. The average Bonchev–Trinajstić information content (AvgIpc) is 2.46. The molecule has 3 N–H and O–H groups in total. The molecular weight excluding hydrogens is 298 g/mol. The van der Waals surface area contributed by atoms with Gasteiger partial charge < -0.3 is 15.7 Å². The van der Waals surface area contributed by atoms with E-state index in [1.807, 2.05) is 0 Å². The SMILES string of the molecule is NC(=NO)c1ccc(Oc2cccc(Cl)c2)c([N+](=O)[O-])c1. The normalized spacial score (nSPS) is 11.2. The summed E-state index contributed by atoms with van der Waals surface area (Å²) in [7, 11) is 0. The Bertz CT molecular complexity index is 718. The Morgan fingerprint density at radius 2 is 2.10 bits per heavy atom. The number of nitrogens with zero attached hydrogens (tertiary/aromatic N) is 2. The number of hydrogen-bond donors (Lipinski definition) is 2. The standard InChI is InChI=1S/C13H10ClN3O4/c14-9-2-1-3-10(7-9)21-12-5-4-8(13(15)16-18)6-11(12)17(19)20/h1-7,18H,(H2,15,16). The number of nitro groups is 1. The summed E-state index contributed by atoms with van der Waals surface area (Å²) < 4.78 is 5.45. The van der Waals surface area contributed by atoms with E-state index in [9.17, 15) is 10.1 Å². The Labute approximate surface area is 124 Å². The molecule has 0 atom stereocenters. The zero-order chi connectivity index (χ0) is 15.4. The molecule has 0 fully saturated rings. The molecule has 0 aliphatic rings. The summed E-state index contributed by atoms with van der Waals surface area (Å²) in [5, 5.41) is 22.9. The van der Waals surface area contributed by atoms with E-state index in [2.05, 4.69) is 5.16 Å². The molecule has 108 valence electrons. The summed E-state index contributed by atoms with van der Waals surface area (Å²) in [4.78, 5) is 10.5. The van der Waals surface area contributed by atoms with Crippen LogP contribution in [-0.4, -0.2) is 16.0 Å². The highest BCUT2D eigenvalue weighted by molar-refractivity contribution is 6.30. The van der Waals surface area contributed by atoms with Crippen molar-refractivity contribution in [3.63, 3.8) is 0 Å². The van der Waals surface area contributed by atoms with E-state index < -0.39 is 4.92 Å². The molecule has 2 aromatic rings. The van der Waals surface area contributed by atoms with Crippen molar-refractivity contribution in [1.82, 2.24) is 0 Å². The Balaban J connectivity index is 2.41. The molecule has 7 nitrogen and oxygen atoms in total. The van der Waals surface area contributed by atoms with Crippen molar-refractivity contribution in [2.75, 3.05) is 0 Å². The van der Waals surface area contributed by atoms with E-state index in [4.69, 9.17) is 27.3 Å². The maximum Gasteiger partial charge on any atom is 0.312 e. The van der Waals surface area contributed by atoms with E-state index in [0.717, 1.165) is 6.07 Å². The Morgan fingerprint density at radius 3 is 2.71 bits per heavy atom. The van der Waals surface area contributed by atoms with Gasteiger partial charge in [0.25, 0.3) is 0 Å². The van der Waals surface area contributed by atoms with E-state index in [1.54, 1.807) is 18.2 Å². The van der Waals surface area contributed by atoms with Gasteiger partial charge >= 0.3 is 5.69 Å². The lowest BCUT2D eigenvalue weighted by atomic mass is 10.1. The zero-order valence-corrected chi connectivity index (χ0v) is 11.3. The van der Waals surface area contributed by atoms with E-state index >= 15 is 0 Å². The van der Waals surface area contributed by atoms with Gasteiger partial charge in [0.05, 0.1) is 4.92 Å². The molecule has 0 saturated heterocycles. The molecule has 2 rings (SSSR count). The van der Waals surface area contributed by atoms with Crippen molar-refractivity contribution in [2.24, 2.45) is 10.9 Å². The van der Waals surface area contributed by atoms with Gasteiger partial charge in [-0.2, -0.15) is 0 Å². The van der Waals surface area contributed by atoms with Gasteiger partial charge in [0.2, 0.25) is 5.75 Å². The number of hydrogen-bond acceptors (Lipinski definition) is 5. The molecule has 0 saturated carbocycles. The van der Waals surface area contributed by atoms with Gasteiger partial charge in [-0.1, -0.05) is 22.8 Å². The second-order valence-electron chi connectivity index (χ2n) is 3.98. The van der Waals surface area contributed by atoms with Crippen LogP contribution in [0.25, 0.3) is 0 Å². The van der Waals surface area contributed by atoms with Gasteiger partial charge in [-0.3, -0.25) is 10.1 Å².